The van der Waals surface area contributed by atoms with Crippen LogP contribution in [0, 0.1) is 0 Å². The van der Waals surface area contributed by atoms with E-state index < -0.39 is 10.8 Å². The fourth-order valence-corrected chi connectivity index (χ4v) is 3.48. The van der Waals surface area contributed by atoms with E-state index in [0.29, 0.717) is 11.5 Å². The van der Waals surface area contributed by atoms with Crippen LogP contribution in [0.2, 0.25) is 0 Å². The smallest absolute Gasteiger partial charge is 0.0942 e. The summed E-state index contributed by atoms with van der Waals surface area (Å²) in [5.41, 5.74) is 8.17. The third-order valence-electron chi connectivity index (χ3n) is 2.88. The third kappa shape index (κ3) is 3.37. The highest BCUT2D eigenvalue weighted by atomic mass is 32.2. The molecule has 1 aliphatic heterocycles. The summed E-state index contributed by atoms with van der Waals surface area (Å²) in [4.78, 5) is 0. The molecule has 3 unspecified atom stereocenters. The summed E-state index contributed by atoms with van der Waals surface area (Å²) in [7, 11) is -0.905. The van der Waals surface area contributed by atoms with Crippen molar-refractivity contribution in [2.45, 2.75) is 25.5 Å². The van der Waals surface area contributed by atoms with Gasteiger partial charge in [0.05, 0.1) is 18.5 Å². The standard InChI is InChI=1S/C13H19NO2S/c1-10(14)8-17(15)9-13-12-5-3-2-4-11(12)6-7-16-13/h2-5,10,13H,6-9,14H2,1H3. The van der Waals surface area contributed by atoms with Crippen LogP contribution >= 0.6 is 0 Å². The van der Waals surface area contributed by atoms with E-state index in [9.17, 15) is 4.21 Å². The highest BCUT2D eigenvalue weighted by Crippen LogP contribution is 2.27. The van der Waals surface area contributed by atoms with Gasteiger partial charge in [0.15, 0.2) is 0 Å². The van der Waals surface area contributed by atoms with Crippen LogP contribution in [0.1, 0.15) is 24.2 Å². The van der Waals surface area contributed by atoms with E-state index in [1.54, 1.807) is 0 Å². The first kappa shape index (κ1) is 12.7. The van der Waals surface area contributed by atoms with Crippen LogP contribution in [-0.4, -0.2) is 28.4 Å². The van der Waals surface area contributed by atoms with Crippen LogP contribution in [0.3, 0.4) is 0 Å². The van der Waals surface area contributed by atoms with E-state index in [-0.39, 0.29) is 12.1 Å². The predicted octanol–water partition coefficient (Wildman–Crippen LogP) is 1.40. The number of nitrogens with two attached hydrogens (primary N) is 1. The quantitative estimate of drug-likeness (QED) is 0.882. The second-order valence-corrected chi connectivity index (χ2v) is 6.11. The normalized spacial score (nSPS) is 22.8. The molecule has 0 amide bonds. The average molecular weight is 253 g/mol. The van der Waals surface area contributed by atoms with Gasteiger partial charge in [0.2, 0.25) is 0 Å². The van der Waals surface area contributed by atoms with Crippen molar-refractivity contribution >= 4 is 10.8 Å². The molecule has 1 aromatic rings. The molecule has 0 spiro atoms. The topological polar surface area (TPSA) is 52.3 Å². The van der Waals surface area contributed by atoms with Crippen LogP contribution in [0.15, 0.2) is 24.3 Å². The number of fused-ring (bicyclic) bond motifs is 1. The lowest BCUT2D eigenvalue weighted by Crippen LogP contribution is -2.28. The van der Waals surface area contributed by atoms with Crippen molar-refractivity contribution in [3.8, 4) is 0 Å². The molecule has 3 atom stereocenters. The summed E-state index contributed by atoms with van der Waals surface area (Å²) in [6, 6.07) is 8.23. The van der Waals surface area contributed by atoms with Crippen molar-refractivity contribution in [3.63, 3.8) is 0 Å². The molecular formula is C13H19NO2S. The van der Waals surface area contributed by atoms with Gasteiger partial charge in [-0.3, -0.25) is 4.21 Å². The van der Waals surface area contributed by atoms with Crippen molar-refractivity contribution in [2.24, 2.45) is 5.73 Å². The minimum absolute atomic E-state index is 0.0188. The zero-order valence-corrected chi connectivity index (χ0v) is 10.9. The summed E-state index contributed by atoms with van der Waals surface area (Å²) in [5.74, 6) is 1.10. The lowest BCUT2D eigenvalue weighted by molar-refractivity contribution is 0.0582. The van der Waals surface area contributed by atoms with E-state index in [1.807, 2.05) is 19.1 Å². The van der Waals surface area contributed by atoms with E-state index >= 15 is 0 Å². The van der Waals surface area contributed by atoms with Gasteiger partial charge in [-0.15, -0.1) is 0 Å². The number of hydrogen-bond donors (Lipinski definition) is 1. The van der Waals surface area contributed by atoms with Gasteiger partial charge in [-0.1, -0.05) is 24.3 Å². The molecule has 0 radical (unpaired) electrons. The zero-order valence-electron chi connectivity index (χ0n) is 10.1. The Hall–Kier alpha value is -0.710. The van der Waals surface area contributed by atoms with Gasteiger partial charge >= 0.3 is 0 Å². The number of hydrogen-bond acceptors (Lipinski definition) is 3. The molecule has 0 saturated heterocycles. The molecule has 0 fully saturated rings. The minimum Gasteiger partial charge on any atom is -0.372 e. The van der Waals surface area contributed by atoms with Gasteiger partial charge in [0.1, 0.15) is 0 Å². The molecule has 17 heavy (non-hydrogen) atoms. The first-order valence-electron chi connectivity index (χ1n) is 5.97. The molecule has 1 aromatic carbocycles. The monoisotopic (exact) mass is 253 g/mol. The summed E-state index contributed by atoms with van der Waals surface area (Å²) < 4.78 is 17.6. The highest BCUT2D eigenvalue weighted by molar-refractivity contribution is 7.85. The number of benzene rings is 1. The summed E-state index contributed by atoms with van der Waals surface area (Å²) >= 11 is 0. The molecule has 94 valence electrons. The van der Waals surface area contributed by atoms with Gasteiger partial charge in [-0.2, -0.15) is 0 Å². The molecule has 4 heteroatoms. The first-order chi connectivity index (χ1) is 8.16. The summed E-state index contributed by atoms with van der Waals surface area (Å²) in [6.07, 6.45) is 0.923. The Morgan fingerprint density at radius 3 is 3.06 bits per heavy atom. The predicted molar refractivity (Wildman–Crippen MR) is 70.4 cm³/mol. The van der Waals surface area contributed by atoms with Gasteiger partial charge in [-0.25, -0.2) is 0 Å². The molecule has 1 aliphatic rings. The maximum atomic E-state index is 11.9. The third-order valence-corrected chi connectivity index (χ3v) is 4.45. The van der Waals surface area contributed by atoms with E-state index in [4.69, 9.17) is 10.5 Å². The molecule has 0 aromatic heterocycles. The lowest BCUT2D eigenvalue weighted by atomic mass is 9.99. The Kier molecular flexibility index (Phi) is 4.31. The molecule has 0 saturated carbocycles. The van der Waals surface area contributed by atoms with Crippen molar-refractivity contribution in [1.29, 1.82) is 0 Å². The van der Waals surface area contributed by atoms with Crippen LogP contribution in [-0.2, 0) is 22.0 Å². The SMILES string of the molecule is CC(N)CS(=O)CC1OCCc2ccccc21. The second kappa shape index (κ2) is 5.76. The fraction of sp³-hybridized carbons (Fsp3) is 0.538. The molecular weight excluding hydrogens is 234 g/mol. The molecule has 2 rings (SSSR count). The van der Waals surface area contributed by atoms with E-state index in [0.717, 1.165) is 13.0 Å². The number of rotatable bonds is 4. The Morgan fingerprint density at radius 1 is 1.53 bits per heavy atom. The Morgan fingerprint density at radius 2 is 2.29 bits per heavy atom. The Balaban J connectivity index is 2.06. The van der Waals surface area contributed by atoms with Crippen LogP contribution < -0.4 is 5.73 Å². The van der Waals surface area contributed by atoms with Gasteiger partial charge in [0.25, 0.3) is 0 Å². The Labute approximate surface area is 105 Å². The maximum Gasteiger partial charge on any atom is 0.0942 e. The summed E-state index contributed by atoms with van der Waals surface area (Å²) in [5, 5.41) is 0. The molecule has 2 N–H and O–H groups in total. The van der Waals surface area contributed by atoms with Gasteiger partial charge in [0, 0.05) is 22.6 Å². The largest absolute Gasteiger partial charge is 0.372 e. The van der Waals surface area contributed by atoms with Crippen LogP contribution in [0.4, 0.5) is 0 Å². The lowest BCUT2D eigenvalue weighted by Gasteiger charge is -2.25. The van der Waals surface area contributed by atoms with Gasteiger partial charge < -0.3 is 10.5 Å². The fourth-order valence-electron chi connectivity index (χ4n) is 2.14. The van der Waals surface area contributed by atoms with E-state index in [1.165, 1.54) is 11.1 Å². The molecule has 3 nitrogen and oxygen atoms in total. The van der Waals surface area contributed by atoms with Crippen molar-refractivity contribution < 1.29 is 8.95 Å². The average Bonchev–Trinajstić information content (AvgIpc) is 2.28. The van der Waals surface area contributed by atoms with Crippen molar-refractivity contribution in [1.82, 2.24) is 0 Å². The molecule has 1 heterocycles. The van der Waals surface area contributed by atoms with Crippen LogP contribution in [0.25, 0.3) is 0 Å². The van der Waals surface area contributed by atoms with Crippen molar-refractivity contribution in [2.75, 3.05) is 18.1 Å². The summed E-state index contributed by atoms with van der Waals surface area (Å²) in [6.45, 7) is 2.60. The highest BCUT2D eigenvalue weighted by Gasteiger charge is 2.22. The van der Waals surface area contributed by atoms with Crippen molar-refractivity contribution in [3.05, 3.63) is 35.4 Å². The van der Waals surface area contributed by atoms with E-state index in [2.05, 4.69) is 12.1 Å². The zero-order chi connectivity index (χ0) is 12.3. The number of ether oxygens (including phenoxy) is 1. The molecule has 0 aliphatic carbocycles. The van der Waals surface area contributed by atoms with Crippen LogP contribution in [0.5, 0.6) is 0 Å². The van der Waals surface area contributed by atoms with Gasteiger partial charge in [-0.05, 0) is 24.5 Å². The minimum atomic E-state index is -0.905. The molecule has 0 bridgehead atoms. The second-order valence-electron chi connectivity index (χ2n) is 4.56. The first-order valence-corrected chi connectivity index (χ1v) is 7.45. The Bertz CT molecular complexity index is 406. The maximum absolute atomic E-state index is 11.9.